The van der Waals surface area contributed by atoms with Crippen molar-refractivity contribution in [2.45, 2.75) is 0 Å². The Morgan fingerprint density at radius 1 is 1.12 bits per heavy atom. The summed E-state index contributed by atoms with van der Waals surface area (Å²) in [5.41, 5.74) is 0. The van der Waals surface area contributed by atoms with Gasteiger partial charge in [0.05, 0.1) is 0 Å². The summed E-state index contributed by atoms with van der Waals surface area (Å²) >= 11 is 0. The average Bonchev–Trinajstić information content (AvgIpc) is 1.25. The van der Waals surface area contributed by atoms with Crippen LogP contribution >= 0.6 is 0 Å². The van der Waals surface area contributed by atoms with Gasteiger partial charge in [-0.3, -0.25) is 4.55 Å². The number of hydrogen-bond acceptors (Lipinski definition) is 4. The molecular formula is HFO5S2. The van der Waals surface area contributed by atoms with Crippen LogP contribution in [0.4, 0.5) is 3.89 Å². The lowest BCUT2D eigenvalue weighted by Crippen LogP contribution is -2.06. The molecule has 0 aliphatic carbocycles. The molecule has 0 aromatic rings. The number of hydrogen-bond donors (Lipinski definition) is 1. The molecule has 8 heteroatoms. The second kappa shape index (κ2) is 1.64. The highest BCUT2D eigenvalue weighted by atomic mass is 33.2. The molecule has 0 unspecified atom stereocenters. The van der Waals surface area contributed by atoms with Crippen LogP contribution in [0, 0.1) is 0 Å². The van der Waals surface area contributed by atoms with Crippen LogP contribution in [-0.4, -0.2) is 21.4 Å². The molecule has 0 saturated heterocycles. The molecule has 0 amide bonds. The molecule has 0 saturated carbocycles. The Labute approximate surface area is 44.5 Å². The van der Waals surface area contributed by atoms with E-state index in [1.54, 1.807) is 0 Å². The van der Waals surface area contributed by atoms with Gasteiger partial charge >= 0.3 is 18.4 Å². The molecule has 0 aromatic heterocycles. The summed E-state index contributed by atoms with van der Waals surface area (Å²) in [6.07, 6.45) is 0. The fourth-order valence-electron chi connectivity index (χ4n) is 0. The predicted octanol–water partition coefficient (Wildman–Crippen LogP) is -0.911. The fraction of sp³-hybridized carbons (Fsp3) is 0. The number of halogens is 1. The van der Waals surface area contributed by atoms with E-state index in [-0.39, 0.29) is 0 Å². The van der Waals surface area contributed by atoms with Crippen LogP contribution in [0.2, 0.25) is 0 Å². The standard InChI is InChI=1S/FHO5S2/c1-7(2,3)8(4,5)6/h(H,4,5,6). The quantitative estimate of drug-likeness (QED) is 0.308. The van der Waals surface area contributed by atoms with Crippen molar-refractivity contribution in [3.8, 4) is 0 Å². The zero-order chi connectivity index (χ0) is 7.00. The Hall–Kier alpha value is -0.210. The van der Waals surface area contributed by atoms with Crippen molar-refractivity contribution < 1.29 is 25.3 Å². The molecule has 0 atom stereocenters. The van der Waals surface area contributed by atoms with E-state index in [2.05, 4.69) is 0 Å². The van der Waals surface area contributed by atoms with Crippen LogP contribution < -0.4 is 0 Å². The van der Waals surface area contributed by atoms with Gasteiger partial charge in [0.15, 0.2) is 0 Å². The van der Waals surface area contributed by atoms with Crippen molar-refractivity contribution in [1.29, 1.82) is 0 Å². The maximum atomic E-state index is 11.0. The first-order valence-corrected chi connectivity index (χ1v) is 4.51. The third-order valence-electron chi connectivity index (χ3n) is 0.252. The highest BCUT2D eigenvalue weighted by Gasteiger charge is 2.25. The van der Waals surface area contributed by atoms with Gasteiger partial charge in [0, 0.05) is 0 Å². The van der Waals surface area contributed by atoms with Crippen molar-refractivity contribution in [3.63, 3.8) is 0 Å². The first-order valence-electron chi connectivity index (χ1n) is 1.17. The molecular weight excluding hydrogens is 163 g/mol. The molecule has 1 N–H and O–H groups in total. The zero-order valence-corrected chi connectivity index (χ0v) is 4.91. The maximum Gasteiger partial charge on any atom is 0.435 e. The summed E-state index contributed by atoms with van der Waals surface area (Å²) in [4.78, 5) is 0. The van der Waals surface area contributed by atoms with Crippen LogP contribution in [0.1, 0.15) is 0 Å². The van der Waals surface area contributed by atoms with E-state index < -0.39 is 18.4 Å². The van der Waals surface area contributed by atoms with Gasteiger partial charge in [-0.2, -0.15) is 16.8 Å². The zero-order valence-electron chi connectivity index (χ0n) is 3.27. The minimum absolute atomic E-state index is 5.53. The summed E-state index contributed by atoms with van der Waals surface area (Å²) in [5.74, 6) is 0. The number of rotatable bonds is 1. The Bertz CT molecular complexity index is 223. The Kier molecular flexibility index (Phi) is 1.59. The molecule has 0 aliphatic rings. The van der Waals surface area contributed by atoms with Crippen molar-refractivity contribution >= 4 is 18.4 Å². The normalized spacial score (nSPS) is 13.8. The average molecular weight is 164 g/mol. The van der Waals surface area contributed by atoms with E-state index in [0.29, 0.717) is 0 Å². The van der Waals surface area contributed by atoms with Gasteiger partial charge in [-0.1, -0.05) is 3.89 Å². The van der Waals surface area contributed by atoms with Crippen LogP contribution in [0.15, 0.2) is 0 Å². The first kappa shape index (κ1) is 7.79. The Morgan fingerprint density at radius 2 is 1.25 bits per heavy atom. The fourth-order valence-corrected chi connectivity index (χ4v) is 0. The van der Waals surface area contributed by atoms with E-state index in [1.165, 1.54) is 0 Å². The minimum atomic E-state index is -5.81. The van der Waals surface area contributed by atoms with Crippen LogP contribution in [-0.2, 0) is 18.4 Å². The van der Waals surface area contributed by atoms with Gasteiger partial charge in [-0.05, 0) is 0 Å². The molecule has 0 radical (unpaired) electrons. The van der Waals surface area contributed by atoms with Gasteiger partial charge in [0.1, 0.15) is 0 Å². The highest BCUT2D eigenvalue weighted by molar-refractivity contribution is 8.62. The van der Waals surface area contributed by atoms with Crippen molar-refractivity contribution in [1.82, 2.24) is 0 Å². The second-order valence-corrected chi connectivity index (χ2v) is 4.92. The SMILES string of the molecule is O=S(=O)(O)S(=O)(=O)F. The molecule has 0 rings (SSSR count). The Balaban J connectivity index is 5.18. The van der Waals surface area contributed by atoms with Gasteiger partial charge in [-0.15, -0.1) is 0 Å². The minimum Gasteiger partial charge on any atom is -0.272 e. The van der Waals surface area contributed by atoms with E-state index >= 15 is 0 Å². The summed E-state index contributed by atoms with van der Waals surface area (Å²) in [6, 6.07) is 0. The van der Waals surface area contributed by atoms with Crippen LogP contribution in [0.5, 0.6) is 0 Å². The van der Waals surface area contributed by atoms with E-state index in [1.807, 2.05) is 0 Å². The highest BCUT2D eigenvalue weighted by Crippen LogP contribution is 1.98. The van der Waals surface area contributed by atoms with Crippen molar-refractivity contribution in [2.75, 3.05) is 0 Å². The largest absolute Gasteiger partial charge is 0.435 e. The molecule has 8 heavy (non-hydrogen) atoms. The van der Waals surface area contributed by atoms with E-state index in [4.69, 9.17) is 13.0 Å². The van der Waals surface area contributed by atoms with Gasteiger partial charge in [-0.25, -0.2) is 0 Å². The summed E-state index contributed by atoms with van der Waals surface area (Å²) < 4.78 is 55.2. The predicted molar refractivity (Wildman–Crippen MR) is 21.6 cm³/mol. The topological polar surface area (TPSA) is 88.5 Å². The summed E-state index contributed by atoms with van der Waals surface area (Å²) in [7, 11) is -11.3. The van der Waals surface area contributed by atoms with Crippen molar-refractivity contribution in [3.05, 3.63) is 0 Å². The lowest BCUT2D eigenvalue weighted by molar-refractivity contribution is 0.484. The Morgan fingerprint density at radius 3 is 1.25 bits per heavy atom. The summed E-state index contributed by atoms with van der Waals surface area (Å²) in [5, 5.41) is 0. The van der Waals surface area contributed by atoms with Crippen LogP contribution in [0.25, 0.3) is 0 Å². The molecule has 0 bridgehead atoms. The van der Waals surface area contributed by atoms with E-state index in [0.717, 1.165) is 0 Å². The van der Waals surface area contributed by atoms with E-state index in [9.17, 15) is 12.3 Å². The molecule has 0 spiro atoms. The van der Waals surface area contributed by atoms with Gasteiger partial charge < -0.3 is 0 Å². The maximum absolute atomic E-state index is 11.0. The smallest absolute Gasteiger partial charge is 0.272 e. The van der Waals surface area contributed by atoms with Crippen LogP contribution in [0.3, 0.4) is 0 Å². The lowest BCUT2D eigenvalue weighted by Gasteiger charge is -1.81. The molecule has 0 fully saturated rings. The first-order chi connectivity index (χ1) is 3.25. The third-order valence-corrected chi connectivity index (χ3v) is 2.26. The third kappa shape index (κ3) is 1.72. The molecule has 5 nitrogen and oxygen atoms in total. The van der Waals surface area contributed by atoms with Gasteiger partial charge in [0.2, 0.25) is 0 Å². The van der Waals surface area contributed by atoms with Gasteiger partial charge in [0.25, 0.3) is 0 Å². The molecule has 0 aliphatic heterocycles. The molecule has 50 valence electrons. The molecule has 0 heterocycles. The monoisotopic (exact) mass is 164 g/mol. The molecule has 0 aromatic carbocycles. The second-order valence-electron chi connectivity index (χ2n) is 0.821. The van der Waals surface area contributed by atoms with Crippen molar-refractivity contribution in [2.24, 2.45) is 0 Å². The summed E-state index contributed by atoms with van der Waals surface area (Å²) in [6.45, 7) is 0. The lowest BCUT2D eigenvalue weighted by atomic mass is 15.9.